The first-order valence-electron chi connectivity index (χ1n) is 22.5. The molecule has 4 atom stereocenters. The third-order valence-corrected chi connectivity index (χ3v) is 13.1. The second kappa shape index (κ2) is 22.6. The lowest BCUT2D eigenvalue weighted by Crippen LogP contribution is -2.34. The average molecular weight is 994 g/mol. The summed E-state index contributed by atoms with van der Waals surface area (Å²) in [5.74, 6) is -2.18. The summed E-state index contributed by atoms with van der Waals surface area (Å²) in [5, 5.41) is 25.7. The summed E-state index contributed by atoms with van der Waals surface area (Å²) in [7, 11) is 3.56. The van der Waals surface area contributed by atoms with Crippen molar-refractivity contribution < 1.29 is 38.2 Å². The summed E-state index contributed by atoms with van der Waals surface area (Å²) in [6, 6.07) is 24.1. The Morgan fingerprint density at radius 2 is 1.06 bits per heavy atom. The van der Waals surface area contributed by atoms with Crippen molar-refractivity contribution in [1.29, 1.82) is 0 Å². The van der Waals surface area contributed by atoms with Crippen molar-refractivity contribution in [3.63, 3.8) is 0 Å². The number of halogens is 4. The molecule has 0 spiro atoms. The van der Waals surface area contributed by atoms with E-state index in [1.165, 1.54) is 24.3 Å². The summed E-state index contributed by atoms with van der Waals surface area (Å²) in [4.78, 5) is 61.7. The van der Waals surface area contributed by atoms with Crippen LogP contribution < -0.4 is 22.1 Å². The van der Waals surface area contributed by atoms with Crippen LogP contribution in [-0.4, -0.2) is 94.0 Å². The van der Waals surface area contributed by atoms with E-state index in [1.54, 1.807) is 97.0 Å². The summed E-state index contributed by atoms with van der Waals surface area (Å²) < 4.78 is 30.1. The highest BCUT2D eigenvalue weighted by atomic mass is 35.5. The largest absolute Gasteiger partial charge is 0.394 e. The zero-order valence-electron chi connectivity index (χ0n) is 38.3. The Morgan fingerprint density at radius 3 is 1.40 bits per heavy atom. The molecule has 18 heteroatoms. The molecule has 2 aliphatic rings. The fourth-order valence-corrected chi connectivity index (χ4v) is 8.87. The second-order valence-corrected chi connectivity index (χ2v) is 18.2. The predicted molar refractivity (Wildman–Crippen MR) is 265 cm³/mol. The standard InChI is InChI=1S/2C26H26ClFN4O3/c2*1-32-8-7-15(12-24(32)34)18-10-21(25(29)30-13-18)16-5-6-20(22(28)11-16)26(35)31-23(14-33)17-3-2-4-19(27)9-17/h2*2-6,9-11,13,15,23,33H,7-8,12,14H2,1H3,(H2,29,30)(H,31,35)/t2*15?,23-/m11/s1. The van der Waals surface area contributed by atoms with Crippen LogP contribution in [0.3, 0.4) is 0 Å². The highest BCUT2D eigenvalue weighted by molar-refractivity contribution is 6.31. The van der Waals surface area contributed by atoms with Gasteiger partial charge in [0, 0.05) is 73.6 Å². The first-order valence-corrected chi connectivity index (χ1v) is 23.2. The molecule has 8 N–H and O–H groups in total. The molecule has 4 amide bonds. The van der Waals surface area contributed by atoms with Crippen molar-refractivity contribution in [2.45, 2.75) is 49.6 Å². The van der Waals surface area contributed by atoms with Crippen molar-refractivity contribution in [3.05, 3.63) is 165 Å². The molecule has 2 fully saturated rings. The molecule has 0 saturated carbocycles. The predicted octanol–water partition coefficient (Wildman–Crippen LogP) is 7.85. The van der Waals surface area contributed by atoms with Gasteiger partial charge in [0.25, 0.3) is 11.8 Å². The molecule has 0 radical (unpaired) electrons. The molecule has 8 rings (SSSR count). The normalized spacial score (nSPS) is 16.7. The van der Waals surface area contributed by atoms with Crippen LogP contribution in [0.2, 0.25) is 10.0 Å². The lowest BCUT2D eigenvalue weighted by molar-refractivity contribution is -0.133. The van der Waals surface area contributed by atoms with Gasteiger partial charge in [0.05, 0.1) is 36.4 Å². The van der Waals surface area contributed by atoms with Crippen LogP contribution >= 0.6 is 23.2 Å². The number of rotatable bonds is 12. The number of likely N-dealkylation sites (tertiary alicyclic amines) is 2. The fourth-order valence-electron chi connectivity index (χ4n) is 8.47. The van der Waals surface area contributed by atoms with Gasteiger partial charge in [-0.25, -0.2) is 18.7 Å². The lowest BCUT2D eigenvalue weighted by atomic mass is 9.88. The molecule has 2 saturated heterocycles. The van der Waals surface area contributed by atoms with Crippen molar-refractivity contribution in [1.82, 2.24) is 30.4 Å². The maximum Gasteiger partial charge on any atom is 0.254 e. The number of nitrogens with zero attached hydrogens (tertiary/aromatic N) is 4. The molecule has 14 nitrogen and oxygen atoms in total. The highest BCUT2D eigenvalue weighted by Gasteiger charge is 2.28. The number of amides is 4. The molecular weight excluding hydrogens is 942 g/mol. The second-order valence-electron chi connectivity index (χ2n) is 17.3. The van der Waals surface area contributed by atoms with Crippen LogP contribution in [0.15, 0.2) is 109 Å². The van der Waals surface area contributed by atoms with Crippen molar-refractivity contribution in [2.75, 3.05) is 51.9 Å². The molecular formula is C52H52Cl2F2N8O6. The summed E-state index contributed by atoms with van der Waals surface area (Å²) in [5.41, 5.74) is 16.8. The smallest absolute Gasteiger partial charge is 0.254 e. The van der Waals surface area contributed by atoms with Crippen LogP contribution in [0, 0.1) is 11.6 Å². The SMILES string of the molecule is CN1CCC(c2cnc(N)c(-c3ccc(C(=O)N[C@H](CO)c4cccc(Cl)c4)c(F)c3)c2)CC1=O.CN1CCC(c2cnc(N)c(-c3ccc(C(=O)N[C@H](CO)c4cccc(Cl)c4)c(F)c3)c2)CC1=O. The number of aromatic nitrogens is 2. The number of nitrogens with two attached hydrogens (primary N) is 2. The van der Waals surface area contributed by atoms with Gasteiger partial charge < -0.3 is 42.1 Å². The highest BCUT2D eigenvalue weighted by Crippen LogP contribution is 2.35. The third kappa shape index (κ3) is 12.1. The number of benzene rings is 4. The van der Waals surface area contributed by atoms with E-state index < -0.39 is 35.5 Å². The third-order valence-electron chi connectivity index (χ3n) is 12.7. The van der Waals surface area contributed by atoms with Gasteiger partial charge in [0.15, 0.2) is 0 Å². The van der Waals surface area contributed by atoms with E-state index in [0.29, 0.717) is 69.4 Å². The van der Waals surface area contributed by atoms with Crippen LogP contribution in [0.1, 0.15) is 92.6 Å². The number of pyridine rings is 2. The van der Waals surface area contributed by atoms with Gasteiger partial charge in [0.1, 0.15) is 23.3 Å². The number of aliphatic hydroxyl groups excluding tert-OH is 2. The molecule has 4 aromatic carbocycles. The van der Waals surface area contributed by atoms with E-state index in [1.807, 2.05) is 12.1 Å². The number of hydrogen-bond donors (Lipinski definition) is 6. The zero-order valence-corrected chi connectivity index (χ0v) is 39.9. The van der Waals surface area contributed by atoms with Crippen molar-refractivity contribution >= 4 is 58.5 Å². The van der Waals surface area contributed by atoms with Crippen LogP contribution in [0.4, 0.5) is 20.4 Å². The topological polar surface area (TPSA) is 217 Å². The Hall–Kier alpha value is -6.98. The number of carbonyl (C=O) groups excluding carboxylic acids is 4. The first kappa shape index (κ1) is 50.9. The first-order chi connectivity index (χ1) is 33.5. The maximum absolute atomic E-state index is 15.0. The minimum absolute atomic E-state index is 0.0161. The summed E-state index contributed by atoms with van der Waals surface area (Å²) in [6.45, 7) is 0.567. The van der Waals surface area contributed by atoms with Crippen molar-refractivity contribution in [3.8, 4) is 22.3 Å². The van der Waals surface area contributed by atoms with Crippen molar-refractivity contribution in [2.24, 2.45) is 0 Å². The minimum Gasteiger partial charge on any atom is -0.394 e. The Kier molecular flexibility index (Phi) is 16.4. The number of nitrogen functional groups attached to an aromatic ring is 2. The number of nitrogens with one attached hydrogen (secondary N) is 2. The van der Waals surface area contributed by atoms with Gasteiger partial charge in [-0.15, -0.1) is 0 Å². The molecule has 0 aliphatic carbocycles. The quantitative estimate of drug-likeness (QED) is 0.0698. The molecule has 2 aliphatic heterocycles. The Bertz CT molecular complexity index is 2730. The van der Waals surface area contributed by atoms with E-state index in [-0.39, 0.29) is 59.6 Å². The van der Waals surface area contributed by atoms with Gasteiger partial charge in [-0.05, 0) is 119 Å². The van der Waals surface area contributed by atoms with Gasteiger partial charge in [-0.1, -0.05) is 59.6 Å². The van der Waals surface area contributed by atoms with Crippen LogP contribution in [-0.2, 0) is 9.59 Å². The lowest BCUT2D eigenvalue weighted by Gasteiger charge is -2.29. The van der Waals surface area contributed by atoms with E-state index in [2.05, 4.69) is 20.6 Å². The summed E-state index contributed by atoms with van der Waals surface area (Å²) in [6.07, 6.45) is 5.69. The number of carbonyl (C=O) groups is 4. The maximum atomic E-state index is 15.0. The van der Waals surface area contributed by atoms with E-state index in [0.717, 1.165) is 24.0 Å². The van der Waals surface area contributed by atoms with Crippen LogP contribution in [0.5, 0.6) is 0 Å². The molecule has 70 heavy (non-hydrogen) atoms. The van der Waals surface area contributed by atoms with E-state index >= 15 is 8.78 Å². The number of hydrogen-bond acceptors (Lipinski definition) is 10. The molecule has 364 valence electrons. The van der Waals surface area contributed by atoms with E-state index in [4.69, 9.17) is 34.7 Å². The van der Waals surface area contributed by atoms with Gasteiger partial charge in [-0.2, -0.15) is 0 Å². The molecule has 2 aromatic heterocycles. The number of anilines is 2. The zero-order chi connectivity index (χ0) is 50.2. The van der Waals surface area contributed by atoms with Crippen LogP contribution in [0.25, 0.3) is 22.3 Å². The molecule has 0 bridgehead atoms. The number of piperidine rings is 2. The van der Waals surface area contributed by atoms with Gasteiger partial charge in [-0.3, -0.25) is 19.2 Å². The monoisotopic (exact) mass is 992 g/mol. The number of aliphatic hydroxyl groups is 2. The Morgan fingerprint density at radius 1 is 0.657 bits per heavy atom. The minimum atomic E-state index is -0.742. The molecule has 6 aromatic rings. The molecule has 4 heterocycles. The van der Waals surface area contributed by atoms with E-state index in [9.17, 15) is 29.4 Å². The summed E-state index contributed by atoms with van der Waals surface area (Å²) >= 11 is 12.0. The average Bonchev–Trinajstić information content (AvgIpc) is 3.34. The fraction of sp³-hybridized carbons (Fsp3) is 0.269. The van der Waals surface area contributed by atoms with Gasteiger partial charge in [0.2, 0.25) is 11.8 Å². The molecule has 2 unspecified atom stereocenters. The Balaban J connectivity index is 0.000000206. The van der Waals surface area contributed by atoms with Gasteiger partial charge >= 0.3 is 0 Å². The Labute approximate surface area is 413 Å².